The molecule has 1 N–H and O–H groups in total. The van der Waals surface area contributed by atoms with E-state index >= 15 is 0 Å². The number of aliphatic imine (C=N–C) groups is 1. The third-order valence-corrected chi connectivity index (χ3v) is 5.52. The van der Waals surface area contributed by atoms with Gasteiger partial charge in [-0.3, -0.25) is 10.2 Å². The van der Waals surface area contributed by atoms with Crippen molar-refractivity contribution in [3.05, 3.63) is 64.1 Å². The van der Waals surface area contributed by atoms with Crippen LogP contribution in [-0.2, 0) is 4.79 Å². The average molecular weight is 485 g/mol. The summed E-state index contributed by atoms with van der Waals surface area (Å²) in [4.78, 5) is 16.2. The molecule has 0 aliphatic carbocycles. The number of hydrazone groups is 1. The lowest BCUT2D eigenvalue weighted by molar-refractivity contribution is -0.114. The van der Waals surface area contributed by atoms with E-state index < -0.39 is 5.91 Å². The molecule has 7 nitrogen and oxygen atoms in total. The summed E-state index contributed by atoms with van der Waals surface area (Å²) in [6.07, 6.45) is 2.37. The summed E-state index contributed by atoms with van der Waals surface area (Å²) >= 11 is 4.72. The first-order valence-electron chi connectivity index (χ1n) is 9.15. The molecule has 0 unspecified atom stereocenters. The lowest BCUT2D eigenvalue weighted by atomic mass is 10.1. The molecule has 9 heteroatoms. The molecule has 1 amide bonds. The van der Waals surface area contributed by atoms with Gasteiger partial charge in [-0.2, -0.15) is 15.1 Å². The van der Waals surface area contributed by atoms with Gasteiger partial charge in [-0.15, -0.1) is 0 Å². The van der Waals surface area contributed by atoms with E-state index in [-0.39, 0.29) is 11.4 Å². The van der Waals surface area contributed by atoms with Gasteiger partial charge in [0.25, 0.3) is 5.91 Å². The smallest absolute Gasteiger partial charge is 0.283 e. The van der Waals surface area contributed by atoms with E-state index in [2.05, 4.69) is 26.0 Å². The Balaban J connectivity index is 1.35. The number of nitrogens with one attached hydrogen (secondary N) is 1. The number of hydrogen-bond donors (Lipinski definition) is 1. The van der Waals surface area contributed by atoms with Crippen LogP contribution in [-0.4, -0.2) is 40.7 Å². The van der Waals surface area contributed by atoms with Crippen molar-refractivity contribution in [1.29, 1.82) is 5.41 Å². The molecule has 2 aliphatic rings. The van der Waals surface area contributed by atoms with Crippen LogP contribution >= 0.6 is 27.7 Å². The van der Waals surface area contributed by atoms with Crippen molar-refractivity contribution >= 4 is 56.2 Å². The van der Waals surface area contributed by atoms with Gasteiger partial charge in [0, 0.05) is 6.42 Å². The van der Waals surface area contributed by atoms with Crippen LogP contribution in [0.25, 0.3) is 6.08 Å². The largest absolute Gasteiger partial charge is 0.493 e. The Bertz CT molecular complexity index is 1070. The van der Waals surface area contributed by atoms with Crippen LogP contribution in [0.2, 0.25) is 0 Å². The van der Waals surface area contributed by atoms with Gasteiger partial charge in [-0.25, -0.2) is 0 Å². The lowest BCUT2D eigenvalue weighted by Crippen LogP contribution is -2.35. The summed E-state index contributed by atoms with van der Waals surface area (Å²) < 4.78 is 12.2. The number of fused-ring (bicyclic) bond motifs is 1. The minimum atomic E-state index is -0.445. The maximum absolute atomic E-state index is 12.3. The molecule has 0 radical (unpaired) electrons. The minimum absolute atomic E-state index is 0.0149. The number of halogens is 1. The van der Waals surface area contributed by atoms with Crippen molar-refractivity contribution in [3.63, 3.8) is 0 Å². The second-order valence-electron chi connectivity index (χ2n) is 6.31. The molecule has 0 atom stereocenters. The van der Waals surface area contributed by atoms with Gasteiger partial charge in [0.15, 0.2) is 11.0 Å². The molecular formula is C21H17BrN4O3S. The van der Waals surface area contributed by atoms with E-state index in [1.165, 1.54) is 16.8 Å². The summed E-state index contributed by atoms with van der Waals surface area (Å²) in [7, 11) is 0. The Hall–Kier alpha value is -2.91. The minimum Gasteiger partial charge on any atom is -0.493 e. The van der Waals surface area contributed by atoms with E-state index in [1.807, 2.05) is 48.5 Å². The fourth-order valence-electron chi connectivity index (χ4n) is 2.78. The Morgan fingerprint density at radius 2 is 1.93 bits per heavy atom. The Morgan fingerprint density at radius 3 is 2.73 bits per heavy atom. The van der Waals surface area contributed by atoms with Crippen LogP contribution in [0, 0.1) is 5.41 Å². The van der Waals surface area contributed by atoms with Crippen LogP contribution in [0.3, 0.4) is 0 Å². The van der Waals surface area contributed by atoms with E-state index in [0.717, 1.165) is 22.2 Å². The number of benzene rings is 2. The molecule has 152 valence electrons. The number of thioether (sulfide) groups is 1. The van der Waals surface area contributed by atoms with Crippen molar-refractivity contribution in [2.75, 3.05) is 13.2 Å². The number of carbonyl (C=O) groups excluding carboxylic acids is 1. The number of amides is 1. The van der Waals surface area contributed by atoms with Gasteiger partial charge in [0.1, 0.15) is 11.5 Å². The fraction of sp³-hybridized carbons (Fsp3) is 0.143. The van der Waals surface area contributed by atoms with Crippen LogP contribution in [0.5, 0.6) is 11.5 Å². The highest BCUT2D eigenvalue weighted by molar-refractivity contribution is 9.10. The van der Waals surface area contributed by atoms with E-state index in [4.69, 9.17) is 14.9 Å². The molecule has 2 aliphatic heterocycles. The summed E-state index contributed by atoms with van der Waals surface area (Å²) in [5.74, 6) is 1.11. The molecule has 2 aromatic carbocycles. The highest BCUT2D eigenvalue weighted by Gasteiger charge is 2.32. The molecule has 30 heavy (non-hydrogen) atoms. The Morgan fingerprint density at radius 1 is 1.13 bits per heavy atom. The predicted octanol–water partition coefficient (Wildman–Crippen LogP) is 4.55. The predicted molar refractivity (Wildman–Crippen MR) is 122 cm³/mol. The standard InChI is InChI=1S/C21H17BrN4O3S/c22-17-12-14(11-16-19(23)26-21(25-20(16)27)30-13-24-26)7-8-18(17)29-10-4-9-28-15-5-2-1-3-6-15/h1-3,5-8,11-13,23H,4,9-10H2. The molecular weight excluding hydrogens is 468 g/mol. The number of para-hydroxylation sites is 1. The quantitative estimate of drug-likeness (QED) is 0.460. The van der Waals surface area contributed by atoms with E-state index in [1.54, 1.807) is 11.6 Å². The third-order valence-electron chi connectivity index (χ3n) is 4.22. The van der Waals surface area contributed by atoms with Crippen LogP contribution < -0.4 is 9.47 Å². The summed E-state index contributed by atoms with van der Waals surface area (Å²) in [5, 5.41) is 14.0. The number of rotatable bonds is 7. The zero-order valence-corrected chi connectivity index (χ0v) is 18.1. The second kappa shape index (κ2) is 9.27. The number of carbonyl (C=O) groups is 1. The molecule has 2 aromatic rings. The maximum Gasteiger partial charge on any atom is 0.283 e. The normalized spacial score (nSPS) is 16.6. The van der Waals surface area contributed by atoms with Crippen molar-refractivity contribution in [1.82, 2.24) is 5.01 Å². The third kappa shape index (κ3) is 4.63. The molecule has 0 aromatic heterocycles. The number of hydrogen-bond acceptors (Lipinski definition) is 6. The van der Waals surface area contributed by atoms with Crippen molar-refractivity contribution in [2.45, 2.75) is 6.42 Å². The topological polar surface area (TPSA) is 87.3 Å². The molecule has 0 saturated heterocycles. The van der Waals surface area contributed by atoms with E-state index in [0.29, 0.717) is 24.1 Å². The first kappa shape index (κ1) is 20.4. The van der Waals surface area contributed by atoms with Crippen LogP contribution in [0.15, 0.2) is 68.7 Å². The lowest BCUT2D eigenvalue weighted by Gasteiger charge is -2.20. The molecule has 2 heterocycles. The second-order valence-corrected chi connectivity index (χ2v) is 7.98. The van der Waals surface area contributed by atoms with Crippen molar-refractivity contribution in [2.24, 2.45) is 10.1 Å². The first-order valence-corrected chi connectivity index (χ1v) is 10.8. The molecule has 0 spiro atoms. The van der Waals surface area contributed by atoms with Crippen LogP contribution in [0.1, 0.15) is 12.0 Å². The van der Waals surface area contributed by atoms with Gasteiger partial charge in [-0.1, -0.05) is 24.3 Å². The van der Waals surface area contributed by atoms with Gasteiger partial charge >= 0.3 is 0 Å². The average Bonchev–Trinajstić information content (AvgIpc) is 3.21. The van der Waals surface area contributed by atoms with E-state index in [9.17, 15) is 4.79 Å². The Labute approximate surface area is 186 Å². The number of ether oxygens (including phenoxy) is 2. The first-order chi connectivity index (χ1) is 14.6. The molecule has 0 saturated carbocycles. The molecule has 0 bridgehead atoms. The summed E-state index contributed by atoms with van der Waals surface area (Å²) in [6, 6.07) is 15.1. The highest BCUT2D eigenvalue weighted by atomic mass is 79.9. The number of nitrogens with zero attached hydrogens (tertiary/aromatic N) is 3. The highest BCUT2D eigenvalue weighted by Crippen LogP contribution is 2.29. The summed E-state index contributed by atoms with van der Waals surface area (Å²) in [6.45, 7) is 1.08. The van der Waals surface area contributed by atoms with Gasteiger partial charge in [-0.05, 0) is 63.6 Å². The van der Waals surface area contributed by atoms with Crippen molar-refractivity contribution < 1.29 is 14.3 Å². The molecule has 0 fully saturated rings. The van der Waals surface area contributed by atoms with Crippen molar-refractivity contribution in [3.8, 4) is 11.5 Å². The SMILES string of the molecule is N=C1C(=Cc2ccc(OCCCOc3ccccc3)c(Br)c2)C(=O)N=C2SC=NN12. The van der Waals surface area contributed by atoms with Gasteiger partial charge in [0.05, 0.1) is 28.8 Å². The number of amidine groups is 2. The maximum atomic E-state index is 12.3. The monoisotopic (exact) mass is 484 g/mol. The van der Waals surface area contributed by atoms with Gasteiger partial charge in [0.2, 0.25) is 0 Å². The van der Waals surface area contributed by atoms with Gasteiger partial charge < -0.3 is 9.47 Å². The zero-order valence-electron chi connectivity index (χ0n) is 15.7. The fourth-order valence-corrected chi connectivity index (χ4v) is 3.90. The van der Waals surface area contributed by atoms with Crippen LogP contribution in [0.4, 0.5) is 0 Å². The molecule has 4 rings (SSSR count). The zero-order chi connectivity index (χ0) is 20.9. The Kier molecular flexibility index (Phi) is 6.29. The summed E-state index contributed by atoms with van der Waals surface area (Å²) in [5.41, 5.74) is 2.50.